The van der Waals surface area contributed by atoms with E-state index < -0.39 is 0 Å². The molecule has 4 heteroatoms. The Morgan fingerprint density at radius 2 is 2.27 bits per heavy atom. The minimum Gasteiger partial charge on any atom is -0.351 e. The van der Waals surface area contributed by atoms with Crippen molar-refractivity contribution in [2.45, 2.75) is 19.8 Å². The van der Waals surface area contributed by atoms with Gasteiger partial charge in [-0.15, -0.1) is 11.3 Å². The molecule has 1 aromatic heterocycles. The molecule has 1 aliphatic heterocycles. The van der Waals surface area contributed by atoms with Gasteiger partial charge in [0.2, 0.25) is 0 Å². The van der Waals surface area contributed by atoms with Gasteiger partial charge < -0.3 is 10.2 Å². The van der Waals surface area contributed by atoms with Crippen LogP contribution in [0, 0.1) is 12.8 Å². The van der Waals surface area contributed by atoms with Crippen LogP contribution in [0.2, 0.25) is 0 Å². The predicted molar refractivity (Wildman–Crippen MR) is 65.7 cm³/mol. The number of hydrogen-bond acceptors (Lipinski definition) is 4. The van der Waals surface area contributed by atoms with Crippen molar-refractivity contribution in [3.05, 3.63) is 11.1 Å². The van der Waals surface area contributed by atoms with E-state index in [-0.39, 0.29) is 0 Å². The maximum atomic E-state index is 4.41. The molecule has 0 bridgehead atoms. The molecule has 1 N–H and O–H groups in total. The zero-order valence-electron chi connectivity index (χ0n) is 9.49. The molecule has 0 spiro atoms. The lowest BCUT2D eigenvalue weighted by Gasteiger charge is -2.27. The molecule has 0 atom stereocenters. The highest BCUT2D eigenvalue weighted by Gasteiger charge is 2.16. The van der Waals surface area contributed by atoms with Crippen LogP contribution < -0.4 is 10.2 Å². The normalized spacial score (nSPS) is 18.0. The molecule has 1 aromatic rings. The Balaban J connectivity index is 1.88. The smallest absolute Gasteiger partial charge is 0.185 e. The van der Waals surface area contributed by atoms with Crippen molar-refractivity contribution < 1.29 is 0 Å². The number of aromatic nitrogens is 1. The van der Waals surface area contributed by atoms with Crippen molar-refractivity contribution >= 4 is 16.5 Å². The second kappa shape index (κ2) is 4.94. The van der Waals surface area contributed by atoms with E-state index in [1.165, 1.54) is 30.8 Å². The molecule has 2 heterocycles. The molecule has 15 heavy (non-hydrogen) atoms. The first-order chi connectivity index (χ1) is 7.25. The number of hydrogen-bond donors (Lipinski definition) is 1. The van der Waals surface area contributed by atoms with E-state index in [2.05, 4.69) is 29.2 Å². The van der Waals surface area contributed by atoms with Crippen LogP contribution in [0.1, 0.15) is 17.7 Å². The van der Waals surface area contributed by atoms with Crippen LogP contribution in [0.4, 0.5) is 5.13 Å². The molecule has 0 aromatic carbocycles. The Morgan fingerprint density at radius 1 is 1.53 bits per heavy atom. The SMILES string of the molecule is Cc1cnc(N(C)CC2CCNCC2)s1. The van der Waals surface area contributed by atoms with Gasteiger partial charge in [-0.05, 0) is 38.8 Å². The lowest BCUT2D eigenvalue weighted by molar-refractivity contribution is 0.378. The standard InChI is InChI=1S/C11H19N3S/c1-9-7-13-11(15-9)14(2)8-10-3-5-12-6-4-10/h7,10,12H,3-6,8H2,1-2H3. The van der Waals surface area contributed by atoms with Gasteiger partial charge in [0.05, 0.1) is 0 Å². The summed E-state index contributed by atoms with van der Waals surface area (Å²) in [5.74, 6) is 0.834. The summed E-state index contributed by atoms with van der Waals surface area (Å²) in [5, 5.41) is 4.56. The van der Waals surface area contributed by atoms with Crippen LogP contribution in [-0.4, -0.2) is 31.7 Å². The van der Waals surface area contributed by atoms with E-state index >= 15 is 0 Å². The summed E-state index contributed by atoms with van der Waals surface area (Å²) in [4.78, 5) is 8.00. The van der Waals surface area contributed by atoms with E-state index in [0.29, 0.717) is 0 Å². The van der Waals surface area contributed by atoms with E-state index in [0.717, 1.165) is 17.6 Å². The summed E-state index contributed by atoms with van der Waals surface area (Å²) in [6.07, 6.45) is 4.56. The molecule has 0 saturated carbocycles. The predicted octanol–water partition coefficient (Wildman–Crippen LogP) is 1.89. The molecule has 1 aliphatic rings. The highest BCUT2D eigenvalue weighted by Crippen LogP contribution is 2.22. The molecule has 0 radical (unpaired) electrons. The van der Waals surface area contributed by atoms with E-state index in [1.54, 1.807) is 11.3 Å². The summed E-state index contributed by atoms with van der Waals surface area (Å²) in [5.41, 5.74) is 0. The van der Waals surface area contributed by atoms with Gasteiger partial charge in [-0.1, -0.05) is 0 Å². The number of aryl methyl sites for hydroxylation is 1. The van der Waals surface area contributed by atoms with Crippen molar-refractivity contribution in [2.75, 3.05) is 31.6 Å². The molecule has 0 amide bonds. The number of anilines is 1. The third kappa shape index (κ3) is 2.92. The minimum atomic E-state index is 0.834. The van der Waals surface area contributed by atoms with Gasteiger partial charge in [-0.3, -0.25) is 0 Å². The number of thiazole rings is 1. The summed E-state index contributed by atoms with van der Waals surface area (Å²) in [7, 11) is 2.15. The summed E-state index contributed by atoms with van der Waals surface area (Å²) in [6.45, 7) is 5.61. The van der Waals surface area contributed by atoms with E-state index in [1.807, 2.05) is 6.20 Å². The Labute approximate surface area is 95.5 Å². The average Bonchev–Trinajstić information content (AvgIpc) is 2.66. The average molecular weight is 225 g/mol. The van der Waals surface area contributed by atoms with Crippen molar-refractivity contribution in [3.8, 4) is 0 Å². The maximum absolute atomic E-state index is 4.41. The van der Waals surface area contributed by atoms with Crippen LogP contribution in [0.15, 0.2) is 6.20 Å². The second-order valence-corrected chi connectivity index (χ2v) is 5.54. The van der Waals surface area contributed by atoms with Crippen LogP contribution >= 0.6 is 11.3 Å². The van der Waals surface area contributed by atoms with Gasteiger partial charge in [-0.2, -0.15) is 0 Å². The van der Waals surface area contributed by atoms with Gasteiger partial charge in [0.1, 0.15) is 0 Å². The van der Waals surface area contributed by atoms with Gasteiger partial charge in [0, 0.05) is 24.7 Å². The summed E-state index contributed by atoms with van der Waals surface area (Å²) < 4.78 is 0. The molecular weight excluding hydrogens is 206 g/mol. The van der Waals surface area contributed by atoms with Gasteiger partial charge >= 0.3 is 0 Å². The number of piperidine rings is 1. The second-order valence-electron chi connectivity index (χ2n) is 4.33. The highest BCUT2D eigenvalue weighted by atomic mass is 32.1. The van der Waals surface area contributed by atoms with Crippen molar-refractivity contribution in [1.29, 1.82) is 0 Å². The van der Waals surface area contributed by atoms with E-state index in [9.17, 15) is 0 Å². The molecule has 3 nitrogen and oxygen atoms in total. The lowest BCUT2D eigenvalue weighted by atomic mass is 9.98. The zero-order valence-corrected chi connectivity index (χ0v) is 10.3. The van der Waals surface area contributed by atoms with Crippen LogP contribution in [-0.2, 0) is 0 Å². The third-order valence-electron chi connectivity index (χ3n) is 2.93. The molecule has 84 valence electrons. The highest BCUT2D eigenvalue weighted by molar-refractivity contribution is 7.15. The largest absolute Gasteiger partial charge is 0.351 e. The Kier molecular flexibility index (Phi) is 3.59. The Morgan fingerprint density at radius 3 is 2.87 bits per heavy atom. The molecule has 2 rings (SSSR count). The van der Waals surface area contributed by atoms with Crippen LogP contribution in [0.25, 0.3) is 0 Å². The maximum Gasteiger partial charge on any atom is 0.185 e. The fraction of sp³-hybridized carbons (Fsp3) is 0.727. The molecule has 1 saturated heterocycles. The minimum absolute atomic E-state index is 0.834. The van der Waals surface area contributed by atoms with Crippen LogP contribution in [0.3, 0.4) is 0 Å². The molecule has 1 fully saturated rings. The van der Waals surface area contributed by atoms with Crippen molar-refractivity contribution in [1.82, 2.24) is 10.3 Å². The Bertz CT molecular complexity index is 305. The quantitative estimate of drug-likeness (QED) is 0.851. The fourth-order valence-corrected chi connectivity index (χ4v) is 2.78. The van der Waals surface area contributed by atoms with Gasteiger partial charge in [-0.25, -0.2) is 4.98 Å². The lowest BCUT2D eigenvalue weighted by Crippen LogP contribution is -2.34. The van der Waals surface area contributed by atoms with Gasteiger partial charge in [0.25, 0.3) is 0 Å². The molecular formula is C11H19N3S. The van der Waals surface area contributed by atoms with E-state index in [4.69, 9.17) is 0 Å². The topological polar surface area (TPSA) is 28.2 Å². The zero-order chi connectivity index (χ0) is 10.7. The third-order valence-corrected chi connectivity index (χ3v) is 3.95. The van der Waals surface area contributed by atoms with Crippen LogP contribution in [0.5, 0.6) is 0 Å². The Hall–Kier alpha value is -0.610. The fourth-order valence-electron chi connectivity index (χ4n) is 2.05. The van der Waals surface area contributed by atoms with Crippen molar-refractivity contribution in [3.63, 3.8) is 0 Å². The monoisotopic (exact) mass is 225 g/mol. The molecule has 0 unspecified atom stereocenters. The first kappa shape index (κ1) is 10.9. The number of rotatable bonds is 3. The molecule has 0 aliphatic carbocycles. The first-order valence-electron chi connectivity index (χ1n) is 5.60. The number of nitrogens with zero attached hydrogens (tertiary/aromatic N) is 2. The summed E-state index contributed by atoms with van der Waals surface area (Å²) in [6, 6.07) is 0. The van der Waals surface area contributed by atoms with Crippen molar-refractivity contribution in [2.24, 2.45) is 5.92 Å². The number of nitrogens with one attached hydrogen (secondary N) is 1. The first-order valence-corrected chi connectivity index (χ1v) is 6.41. The van der Waals surface area contributed by atoms with Gasteiger partial charge in [0.15, 0.2) is 5.13 Å². The summed E-state index contributed by atoms with van der Waals surface area (Å²) >= 11 is 1.78.